The summed E-state index contributed by atoms with van der Waals surface area (Å²) in [6.45, 7) is 2.96. The van der Waals surface area contributed by atoms with Gasteiger partial charge in [-0.05, 0) is 18.1 Å². The molecule has 2 aliphatic rings. The van der Waals surface area contributed by atoms with Crippen LogP contribution in [0.25, 0.3) is 11.3 Å². The third kappa shape index (κ3) is 3.45. The van der Waals surface area contributed by atoms with Crippen LogP contribution in [0.5, 0.6) is 0 Å². The number of para-hydroxylation sites is 1. The Morgan fingerprint density at radius 2 is 2.24 bits per heavy atom. The quantitative estimate of drug-likeness (QED) is 0.731. The predicted octanol–water partition coefficient (Wildman–Crippen LogP) is 2.20. The van der Waals surface area contributed by atoms with Gasteiger partial charge in [0.2, 0.25) is 5.76 Å². The topological polar surface area (TPSA) is 85.4 Å². The molecule has 5 rings (SSSR count). The van der Waals surface area contributed by atoms with Crippen LogP contribution in [0.1, 0.15) is 28.5 Å². The second kappa shape index (κ2) is 7.46. The molecule has 29 heavy (non-hydrogen) atoms. The number of carbonyl (C=O) groups excluding carboxylic acids is 1. The van der Waals surface area contributed by atoms with Crippen LogP contribution in [0.15, 0.2) is 47.2 Å². The summed E-state index contributed by atoms with van der Waals surface area (Å²) in [4.78, 5) is 15.0. The number of rotatable bonds is 4. The van der Waals surface area contributed by atoms with Crippen molar-refractivity contribution in [2.24, 2.45) is 7.05 Å². The van der Waals surface area contributed by atoms with E-state index in [1.807, 2.05) is 31.4 Å². The van der Waals surface area contributed by atoms with Crippen molar-refractivity contribution < 1.29 is 14.1 Å². The fraction of sp³-hybridized carbons (Fsp3) is 0.381. The first kappa shape index (κ1) is 18.1. The van der Waals surface area contributed by atoms with Crippen molar-refractivity contribution in [3.05, 3.63) is 54.0 Å². The lowest BCUT2D eigenvalue weighted by Crippen LogP contribution is -2.42. The zero-order valence-corrected chi connectivity index (χ0v) is 16.2. The maximum atomic E-state index is 13.2. The van der Waals surface area contributed by atoms with Gasteiger partial charge in [0.1, 0.15) is 5.69 Å². The summed E-state index contributed by atoms with van der Waals surface area (Å²) in [5, 5.41) is 11.7. The molecule has 0 radical (unpaired) electrons. The van der Waals surface area contributed by atoms with E-state index in [2.05, 4.69) is 21.6 Å². The molecule has 1 amide bonds. The fourth-order valence-electron chi connectivity index (χ4n) is 4.20. The first-order valence-electron chi connectivity index (χ1n) is 9.86. The van der Waals surface area contributed by atoms with Gasteiger partial charge in [-0.25, -0.2) is 0 Å². The van der Waals surface area contributed by atoms with Crippen molar-refractivity contribution in [3.8, 4) is 11.3 Å². The number of morpholine rings is 1. The van der Waals surface area contributed by atoms with Crippen LogP contribution in [0.3, 0.4) is 0 Å². The normalized spacial score (nSPS) is 21.3. The Bertz CT molecular complexity index is 1020. The Morgan fingerprint density at radius 3 is 3.03 bits per heavy atom. The number of hydrogen-bond acceptors (Lipinski definition) is 6. The average Bonchev–Trinajstić information content (AvgIpc) is 3.47. The number of carbonyl (C=O) groups is 1. The Hall–Kier alpha value is -2.97. The van der Waals surface area contributed by atoms with Gasteiger partial charge in [0.25, 0.3) is 5.91 Å². The highest BCUT2D eigenvalue weighted by Gasteiger charge is 2.35. The van der Waals surface area contributed by atoms with Crippen molar-refractivity contribution in [1.82, 2.24) is 20.3 Å². The van der Waals surface area contributed by atoms with Gasteiger partial charge in [0.05, 0.1) is 19.4 Å². The van der Waals surface area contributed by atoms with Crippen molar-refractivity contribution in [2.45, 2.75) is 18.4 Å². The third-order valence-electron chi connectivity index (χ3n) is 5.60. The molecule has 2 unspecified atom stereocenters. The maximum absolute atomic E-state index is 13.2. The molecule has 1 fully saturated rings. The lowest BCUT2D eigenvalue weighted by Gasteiger charge is -2.26. The highest BCUT2D eigenvalue weighted by molar-refractivity contribution is 6.06. The molecule has 2 atom stereocenters. The molecule has 1 saturated heterocycles. The van der Waals surface area contributed by atoms with E-state index in [4.69, 9.17) is 9.26 Å². The molecular formula is C21H23N5O3. The Balaban J connectivity index is 1.38. The molecular weight excluding hydrogens is 370 g/mol. The molecule has 2 aliphatic heterocycles. The Morgan fingerprint density at radius 1 is 1.34 bits per heavy atom. The van der Waals surface area contributed by atoms with E-state index in [0.29, 0.717) is 24.9 Å². The molecule has 4 heterocycles. The molecule has 0 spiro atoms. The summed E-state index contributed by atoms with van der Waals surface area (Å²) in [7, 11) is 1.84. The number of nitrogens with one attached hydrogen (secondary N) is 1. The number of amides is 1. The van der Waals surface area contributed by atoms with Crippen LogP contribution in [0.4, 0.5) is 5.69 Å². The minimum atomic E-state index is -0.171. The molecule has 0 saturated carbocycles. The molecule has 1 N–H and O–H groups in total. The first-order chi connectivity index (χ1) is 14.2. The summed E-state index contributed by atoms with van der Waals surface area (Å²) in [5.74, 6) is 0.323. The minimum Gasteiger partial charge on any atom is -0.379 e. The number of ether oxygens (including phenoxy) is 1. The van der Waals surface area contributed by atoms with Crippen LogP contribution in [-0.2, 0) is 11.8 Å². The number of fused-ring (bicyclic) bond motifs is 1. The highest BCUT2D eigenvalue weighted by atomic mass is 16.5. The lowest BCUT2D eigenvalue weighted by atomic mass is 9.94. The zero-order chi connectivity index (χ0) is 19.8. The SMILES string of the molecule is Cn1cc(-c2cc(C(=O)N3CC(CC4COCCN4)c4ccccc43)on2)cn1. The van der Waals surface area contributed by atoms with E-state index in [1.54, 1.807) is 21.8 Å². The van der Waals surface area contributed by atoms with E-state index < -0.39 is 0 Å². The number of aryl methyl sites for hydroxylation is 1. The van der Waals surface area contributed by atoms with Gasteiger partial charge in [-0.1, -0.05) is 23.4 Å². The van der Waals surface area contributed by atoms with Crippen LogP contribution in [0, 0.1) is 0 Å². The summed E-state index contributed by atoms with van der Waals surface area (Å²) in [6, 6.07) is 10.1. The number of nitrogens with zero attached hydrogens (tertiary/aromatic N) is 4. The van der Waals surface area contributed by atoms with Gasteiger partial charge in [-0.2, -0.15) is 5.10 Å². The van der Waals surface area contributed by atoms with Gasteiger partial charge in [0, 0.05) is 55.6 Å². The van der Waals surface area contributed by atoms with Gasteiger partial charge in [-0.15, -0.1) is 0 Å². The van der Waals surface area contributed by atoms with Gasteiger partial charge >= 0.3 is 0 Å². The number of anilines is 1. The summed E-state index contributed by atoms with van der Waals surface area (Å²) in [6.07, 6.45) is 4.47. The molecule has 1 aromatic carbocycles. The standard InChI is InChI=1S/C21H23N5O3/c1-25-11-15(10-23-25)18-9-20(29-24-18)21(27)26-12-14(8-16-13-28-7-6-22-16)17-4-2-3-5-19(17)26/h2-5,9-11,14,16,22H,6-8,12-13H2,1H3. The van der Waals surface area contributed by atoms with Gasteiger partial charge < -0.3 is 19.5 Å². The predicted molar refractivity (Wildman–Crippen MR) is 107 cm³/mol. The Labute approximate surface area is 168 Å². The number of benzene rings is 1. The molecule has 150 valence electrons. The highest BCUT2D eigenvalue weighted by Crippen LogP contribution is 2.39. The average molecular weight is 393 g/mol. The molecule has 0 aliphatic carbocycles. The zero-order valence-electron chi connectivity index (χ0n) is 16.2. The molecule has 8 heteroatoms. The molecule has 0 bridgehead atoms. The summed E-state index contributed by atoms with van der Waals surface area (Å²) < 4.78 is 12.7. The lowest BCUT2D eigenvalue weighted by molar-refractivity contribution is 0.0721. The van der Waals surface area contributed by atoms with E-state index >= 15 is 0 Å². The summed E-state index contributed by atoms with van der Waals surface area (Å²) >= 11 is 0. The maximum Gasteiger partial charge on any atom is 0.296 e. The van der Waals surface area contributed by atoms with E-state index in [-0.39, 0.29) is 17.6 Å². The summed E-state index contributed by atoms with van der Waals surface area (Å²) in [5.41, 5.74) is 3.56. The van der Waals surface area contributed by atoms with Crippen molar-refractivity contribution in [2.75, 3.05) is 31.2 Å². The van der Waals surface area contributed by atoms with Crippen LogP contribution < -0.4 is 10.2 Å². The van der Waals surface area contributed by atoms with Crippen LogP contribution >= 0.6 is 0 Å². The Kier molecular flexibility index (Phi) is 4.65. The van der Waals surface area contributed by atoms with Gasteiger partial charge in [0.15, 0.2) is 0 Å². The molecule has 2 aromatic heterocycles. The number of hydrogen-bond donors (Lipinski definition) is 1. The molecule has 3 aromatic rings. The first-order valence-corrected chi connectivity index (χ1v) is 9.86. The second-order valence-corrected chi connectivity index (χ2v) is 7.61. The van der Waals surface area contributed by atoms with Crippen molar-refractivity contribution in [3.63, 3.8) is 0 Å². The van der Waals surface area contributed by atoms with Crippen LogP contribution in [-0.4, -0.2) is 53.2 Å². The van der Waals surface area contributed by atoms with E-state index in [0.717, 1.165) is 30.8 Å². The fourth-order valence-corrected chi connectivity index (χ4v) is 4.20. The van der Waals surface area contributed by atoms with Crippen LogP contribution in [0.2, 0.25) is 0 Å². The largest absolute Gasteiger partial charge is 0.379 e. The van der Waals surface area contributed by atoms with E-state index in [9.17, 15) is 4.79 Å². The third-order valence-corrected chi connectivity index (χ3v) is 5.60. The van der Waals surface area contributed by atoms with Crippen molar-refractivity contribution in [1.29, 1.82) is 0 Å². The minimum absolute atomic E-state index is 0.171. The monoisotopic (exact) mass is 393 g/mol. The van der Waals surface area contributed by atoms with E-state index in [1.165, 1.54) is 5.56 Å². The van der Waals surface area contributed by atoms with Crippen molar-refractivity contribution >= 4 is 11.6 Å². The second-order valence-electron chi connectivity index (χ2n) is 7.61. The molecule has 8 nitrogen and oxygen atoms in total. The number of aromatic nitrogens is 3. The smallest absolute Gasteiger partial charge is 0.296 e. The van der Waals surface area contributed by atoms with Gasteiger partial charge in [-0.3, -0.25) is 9.48 Å².